The van der Waals surface area contributed by atoms with Crippen molar-refractivity contribution in [3.05, 3.63) is 52.5 Å². The summed E-state index contributed by atoms with van der Waals surface area (Å²) in [5.74, 6) is 1.02. The second-order valence-corrected chi connectivity index (χ2v) is 8.44. The second kappa shape index (κ2) is 10.6. The molecule has 0 unspecified atom stereocenters. The summed E-state index contributed by atoms with van der Waals surface area (Å²) in [4.78, 5) is 23.4. The predicted molar refractivity (Wildman–Crippen MR) is 124 cm³/mol. The van der Waals surface area contributed by atoms with Gasteiger partial charge >= 0.3 is 0 Å². The summed E-state index contributed by atoms with van der Waals surface area (Å²) < 4.78 is 17.0. The standard InChI is InChI=1S/C22H24ClN3O5S/c1-13-6-5-7-17(10-13)30-8-9-31-20-18(23)11-16(12-19(20)29-4)21-26(15(3)28)25-22(32-21)24-14(2)27/h5-7,10-12,21H,8-9H2,1-4H3,(H,24,25,27)/t21-/m1/s1. The van der Waals surface area contributed by atoms with Crippen molar-refractivity contribution in [3.8, 4) is 17.2 Å². The van der Waals surface area contributed by atoms with E-state index >= 15 is 0 Å². The van der Waals surface area contributed by atoms with E-state index in [1.807, 2.05) is 31.2 Å². The van der Waals surface area contributed by atoms with Gasteiger partial charge in [-0.1, -0.05) is 35.5 Å². The Labute approximate surface area is 195 Å². The Hall–Kier alpha value is -2.91. The van der Waals surface area contributed by atoms with Gasteiger partial charge in [-0.05, 0) is 42.3 Å². The van der Waals surface area contributed by atoms with Crippen molar-refractivity contribution in [2.45, 2.75) is 26.1 Å². The van der Waals surface area contributed by atoms with Gasteiger partial charge in [0.1, 0.15) is 24.3 Å². The Bertz CT molecular complexity index is 1050. The van der Waals surface area contributed by atoms with Gasteiger partial charge in [-0.25, -0.2) is 5.01 Å². The molecule has 1 aliphatic rings. The molecule has 10 heteroatoms. The molecule has 0 fully saturated rings. The molecule has 0 saturated heterocycles. The molecular weight excluding hydrogens is 454 g/mol. The number of nitrogens with one attached hydrogen (secondary N) is 1. The lowest BCUT2D eigenvalue weighted by Crippen LogP contribution is -2.25. The molecular formula is C22H24ClN3O5S. The van der Waals surface area contributed by atoms with Crippen molar-refractivity contribution in [2.75, 3.05) is 20.3 Å². The van der Waals surface area contributed by atoms with Gasteiger partial charge in [-0.3, -0.25) is 9.59 Å². The number of carbonyl (C=O) groups is 2. The predicted octanol–water partition coefficient (Wildman–Crippen LogP) is 4.12. The number of carbonyl (C=O) groups excluding carboxylic acids is 2. The third-order valence-electron chi connectivity index (χ3n) is 4.37. The molecule has 0 aromatic heterocycles. The third-order valence-corrected chi connectivity index (χ3v) is 5.76. The molecule has 2 aromatic rings. The van der Waals surface area contributed by atoms with Crippen LogP contribution in [0.1, 0.15) is 30.3 Å². The van der Waals surface area contributed by atoms with E-state index in [2.05, 4.69) is 10.4 Å². The summed E-state index contributed by atoms with van der Waals surface area (Å²) in [5.41, 5.74) is 1.79. The first-order chi connectivity index (χ1) is 15.3. The Kier molecular flexibility index (Phi) is 7.87. The van der Waals surface area contributed by atoms with Crippen LogP contribution in [0.3, 0.4) is 0 Å². The van der Waals surface area contributed by atoms with Crippen molar-refractivity contribution in [2.24, 2.45) is 5.10 Å². The molecule has 0 aliphatic carbocycles. The first kappa shape index (κ1) is 23.7. The SMILES string of the molecule is COc1cc([C@H]2SC(NC(C)=O)=NN2C(C)=O)cc(Cl)c1OCCOc1cccc(C)c1. The van der Waals surface area contributed by atoms with E-state index in [9.17, 15) is 9.59 Å². The zero-order chi connectivity index (χ0) is 23.3. The van der Waals surface area contributed by atoms with Crippen molar-refractivity contribution in [1.29, 1.82) is 0 Å². The maximum absolute atomic E-state index is 12.1. The highest BCUT2D eigenvalue weighted by Crippen LogP contribution is 2.44. The number of aryl methyl sites for hydroxylation is 1. The number of ether oxygens (including phenoxy) is 3. The first-order valence-corrected chi connectivity index (χ1v) is 11.1. The van der Waals surface area contributed by atoms with Gasteiger partial charge in [0, 0.05) is 13.8 Å². The minimum Gasteiger partial charge on any atom is -0.493 e. The fourth-order valence-electron chi connectivity index (χ4n) is 3.01. The Morgan fingerprint density at radius 1 is 1.19 bits per heavy atom. The minimum absolute atomic E-state index is 0.261. The van der Waals surface area contributed by atoms with Gasteiger partial charge in [-0.15, -0.1) is 5.10 Å². The Morgan fingerprint density at radius 3 is 2.59 bits per heavy atom. The molecule has 8 nitrogen and oxygen atoms in total. The van der Waals surface area contributed by atoms with Gasteiger partial charge < -0.3 is 19.5 Å². The van der Waals surface area contributed by atoms with Crippen LogP contribution < -0.4 is 19.5 Å². The van der Waals surface area contributed by atoms with Crippen LogP contribution in [0.15, 0.2) is 41.5 Å². The van der Waals surface area contributed by atoms with Gasteiger partial charge in [0.15, 0.2) is 16.7 Å². The van der Waals surface area contributed by atoms with Crippen molar-refractivity contribution < 1.29 is 23.8 Å². The van der Waals surface area contributed by atoms with E-state index in [0.717, 1.165) is 11.3 Å². The van der Waals surface area contributed by atoms with Crippen molar-refractivity contribution >= 4 is 40.3 Å². The molecule has 1 atom stereocenters. The number of amides is 2. The minimum atomic E-state index is -0.501. The van der Waals surface area contributed by atoms with Gasteiger partial charge in [0.05, 0.1) is 12.1 Å². The van der Waals surface area contributed by atoms with Gasteiger partial charge in [-0.2, -0.15) is 0 Å². The Balaban J connectivity index is 1.71. The van der Waals surface area contributed by atoms with E-state index < -0.39 is 5.37 Å². The average Bonchev–Trinajstić information content (AvgIpc) is 3.15. The molecule has 1 heterocycles. The second-order valence-electron chi connectivity index (χ2n) is 6.97. The van der Waals surface area contributed by atoms with Crippen LogP contribution in [0.4, 0.5) is 0 Å². The molecule has 0 spiro atoms. The zero-order valence-electron chi connectivity index (χ0n) is 18.2. The number of hydrogen-bond acceptors (Lipinski definition) is 7. The molecule has 170 valence electrons. The highest BCUT2D eigenvalue weighted by atomic mass is 35.5. The first-order valence-electron chi connectivity index (χ1n) is 9.81. The fourth-order valence-corrected chi connectivity index (χ4v) is 4.40. The third kappa shape index (κ3) is 5.86. The number of methoxy groups -OCH3 is 1. The van der Waals surface area contributed by atoms with Gasteiger partial charge in [0.2, 0.25) is 11.8 Å². The smallest absolute Gasteiger partial charge is 0.241 e. The van der Waals surface area contributed by atoms with Crippen LogP contribution in [0.2, 0.25) is 5.02 Å². The number of halogens is 1. The molecule has 0 bridgehead atoms. The summed E-state index contributed by atoms with van der Waals surface area (Å²) in [7, 11) is 1.51. The number of nitrogens with zero attached hydrogens (tertiary/aromatic N) is 2. The van der Waals surface area contributed by atoms with Crippen molar-refractivity contribution in [1.82, 2.24) is 10.3 Å². The lowest BCUT2D eigenvalue weighted by molar-refractivity contribution is -0.129. The van der Waals surface area contributed by atoms with E-state index in [-0.39, 0.29) is 18.4 Å². The largest absolute Gasteiger partial charge is 0.493 e. The summed E-state index contributed by atoms with van der Waals surface area (Å²) in [5, 5.41) is 8.25. The molecule has 2 aromatic carbocycles. The zero-order valence-corrected chi connectivity index (χ0v) is 19.7. The lowest BCUT2D eigenvalue weighted by atomic mass is 10.2. The number of thioether (sulfide) groups is 1. The number of benzene rings is 2. The highest BCUT2D eigenvalue weighted by molar-refractivity contribution is 8.14. The van der Waals surface area contributed by atoms with Crippen LogP contribution in [0, 0.1) is 6.92 Å². The summed E-state index contributed by atoms with van der Waals surface area (Å²) in [6.45, 7) is 5.36. The van der Waals surface area contributed by atoms with E-state index in [1.54, 1.807) is 12.1 Å². The van der Waals surface area contributed by atoms with Gasteiger partial charge in [0.25, 0.3) is 0 Å². The maximum Gasteiger partial charge on any atom is 0.241 e. The molecule has 3 rings (SSSR count). The molecule has 1 aliphatic heterocycles. The quantitative estimate of drug-likeness (QED) is 0.603. The van der Waals surface area contributed by atoms with Crippen LogP contribution in [-0.4, -0.2) is 42.3 Å². The Morgan fingerprint density at radius 2 is 1.94 bits per heavy atom. The molecule has 0 saturated carbocycles. The molecule has 32 heavy (non-hydrogen) atoms. The van der Waals surface area contributed by atoms with E-state index in [0.29, 0.717) is 33.9 Å². The monoisotopic (exact) mass is 477 g/mol. The van der Waals surface area contributed by atoms with Crippen molar-refractivity contribution in [3.63, 3.8) is 0 Å². The van der Waals surface area contributed by atoms with Crippen LogP contribution in [-0.2, 0) is 9.59 Å². The lowest BCUT2D eigenvalue weighted by Gasteiger charge is -2.21. The number of hydrazone groups is 1. The van der Waals surface area contributed by atoms with Crippen LogP contribution in [0.5, 0.6) is 17.2 Å². The maximum atomic E-state index is 12.1. The molecule has 1 N–H and O–H groups in total. The molecule has 2 amide bonds. The van der Waals surface area contributed by atoms with E-state index in [4.69, 9.17) is 25.8 Å². The van der Waals surface area contributed by atoms with Crippen LogP contribution in [0.25, 0.3) is 0 Å². The summed E-state index contributed by atoms with van der Waals surface area (Å²) >= 11 is 7.72. The highest BCUT2D eigenvalue weighted by Gasteiger charge is 2.33. The molecule has 0 radical (unpaired) electrons. The number of amidine groups is 1. The summed E-state index contributed by atoms with van der Waals surface area (Å²) in [6.07, 6.45) is 0. The number of rotatable bonds is 7. The fraction of sp³-hybridized carbons (Fsp3) is 0.318. The van der Waals surface area contributed by atoms with Crippen LogP contribution >= 0.6 is 23.4 Å². The summed E-state index contributed by atoms with van der Waals surface area (Å²) in [6, 6.07) is 11.2. The normalized spacial score (nSPS) is 15.2. The number of hydrogen-bond donors (Lipinski definition) is 1. The average molecular weight is 478 g/mol. The topological polar surface area (TPSA) is 89.5 Å². The van der Waals surface area contributed by atoms with E-state index in [1.165, 1.54) is 37.7 Å².